The summed E-state index contributed by atoms with van der Waals surface area (Å²) in [6.07, 6.45) is 1.54. The summed E-state index contributed by atoms with van der Waals surface area (Å²) in [5.74, 6) is -1.35. The Hall–Kier alpha value is -2.89. The fourth-order valence-corrected chi connectivity index (χ4v) is 1.98. The molecular weight excluding hydrogens is 270 g/mol. The lowest BCUT2D eigenvalue weighted by Crippen LogP contribution is -2.32. The lowest BCUT2D eigenvalue weighted by atomic mass is 10.1. The number of hydrogen-bond donors (Lipinski definition) is 2. The Kier molecular flexibility index (Phi) is 4.18. The minimum absolute atomic E-state index is 0.0811. The molecule has 0 saturated carbocycles. The van der Waals surface area contributed by atoms with Crippen LogP contribution in [0.3, 0.4) is 0 Å². The van der Waals surface area contributed by atoms with E-state index in [-0.39, 0.29) is 17.2 Å². The highest BCUT2D eigenvalue weighted by atomic mass is 16.4. The van der Waals surface area contributed by atoms with Gasteiger partial charge in [0.2, 0.25) is 0 Å². The van der Waals surface area contributed by atoms with Crippen LogP contribution in [0.2, 0.25) is 0 Å². The van der Waals surface area contributed by atoms with Gasteiger partial charge in [0.1, 0.15) is 5.69 Å². The van der Waals surface area contributed by atoms with Crippen molar-refractivity contribution in [1.29, 1.82) is 0 Å². The van der Waals surface area contributed by atoms with Crippen LogP contribution in [-0.2, 0) is 0 Å². The molecule has 6 nitrogen and oxygen atoms in total. The molecule has 0 radical (unpaired) electrons. The molecule has 0 fully saturated rings. The third-order valence-corrected chi connectivity index (χ3v) is 3.01. The molecule has 0 atom stereocenters. The van der Waals surface area contributed by atoms with Crippen molar-refractivity contribution in [3.8, 4) is 0 Å². The number of anilines is 2. The number of carboxylic acids is 1. The highest BCUT2D eigenvalue weighted by Crippen LogP contribution is 2.25. The van der Waals surface area contributed by atoms with E-state index < -0.39 is 5.97 Å². The first-order valence-corrected chi connectivity index (χ1v) is 6.40. The van der Waals surface area contributed by atoms with E-state index in [0.29, 0.717) is 17.9 Å². The van der Waals surface area contributed by atoms with Gasteiger partial charge in [0.25, 0.3) is 5.91 Å². The lowest BCUT2D eigenvalue weighted by Gasteiger charge is -2.22. The fourth-order valence-electron chi connectivity index (χ4n) is 1.98. The van der Waals surface area contributed by atoms with Crippen LogP contribution in [-0.4, -0.2) is 28.5 Å². The largest absolute Gasteiger partial charge is 0.478 e. The smallest absolute Gasteiger partial charge is 0.335 e. The first kappa shape index (κ1) is 14.5. The number of pyridine rings is 1. The van der Waals surface area contributed by atoms with Crippen LogP contribution in [0.5, 0.6) is 0 Å². The number of aromatic nitrogens is 1. The van der Waals surface area contributed by atoms with Gasteiger partial charge < -0.3 is 15.7 Å². The van der Waals surface area contributed by atoms with E-state index in [4.69, 9.17) is 10.8 Å². The monoisotopic (exact) mass is 285 g/mol. The topological polar surface area (TPSA) is 96.5 Å². The zero-order valence-corrected chi connectivity index (χ0v) is 11.5. The Bertz CT molecular complexity index is 671. The minimum Gasteiger partial charge on any atom is -0.478 e. The first-order valence-electron chi connectivity index (χ1n) is 6.40. The molecular formula is C15H15N3O3. The van der Waals surface area contributed by atoms with E-state index >= 15 is 0 Å². The number of nitrogens with two attached hydrogens (primary N) is 1. The normalized spacial score (nSPS) is 10.1. The van der Waals surface area contributed by atoms with Crippen molar-refractivity contribution in [2.24, 2.45) is 0 Å². The third-order valence-electron chi connectivity index (χ3n) is 3.01. The number of nitrogens with zero attached hydrogens (tertiary/aromatic N) is 2. The third kappa shape index (κ3) is 3.00. The number of rotatable bonds is 4. The zero-order chi connectivity index (χ0) is 15.4. The van der Waals surface area contributed by atoms with E-state index in [1.807, 2.05) is 6.92 Å². The summed E-state index contributed by atoms with van der Waals surface area (Å²) in [4.78, 5) is 28.8. The van der Waals surface area contributed by atoms with Crippen molar-refractivity contribution >= 4 is 23.3 Å². The summed E-state index contributed by atoms with van der Waals surface area (Å²) in [7, 11) is 0. The summed E-state index contributed by atoms with van der Waals surface area (Å²) in [6, 6.07) is 9.36. The van der Waals surface area contributed by atoms with E-state index in [2.05, 4.69) is 4.98 Å². The van der Waals surface area contributed by atoms with Gasteiger partial charge in [0, 0.05) is 12.7 Å². The van der Waals surface area contributed by atoms with Crippen molar-refractivity contribution in [3.63, 3.8) is 0 Å². The maximum Gasteiger partial charge on any atom is 0.335 e. The molecule has 0 aliphatic carbocycles. The molecule has 1 aromatic carbocycles. The molecule has 0 spiro atoms. The number of carbonyl (C=O) groups excluding carboxylic acids is 1. The summed E-state index contributed by atoms with van der Waals surface area (Å²) >= 11 is 0. The summed E-state index contributed by atoms with van der Waals surface area (Å²) in [5, 5.41) is 8.94. The van der Waals surface area contributed by atoms with Crippen molar-refractivity contribution in [1.82, 2.24) is 4.98 Å². The van der Waals surface area contributed by atoms with Gasteiger partial charge in [-0.3, -0.25) is 9.78 Å². The predicted molar refractivity (Wildman–Crippen MR) is 79.4 cm³/mol. The van der Waals surface area contributed by atoms with Gasteiger partial charge in [-0.15, -0.1) is 0 Å². The molecule has 6 heteroatoms. The van der Waals surface area contributed by atoms with Crippen LogP contribution >= 0.6 is 0 Å². The number of nitrogen functional groups attached to an aromatic ring is 1. The van der Waals surface area contributed by atoms with Crippen LogP contribution in [0, 0.1) is 0 Å². The Labute approximate surface area is 121 Å². The Morgan fingerprint density at radius 3 is 2.57 bits per heavy atom. The molecule has 1 aromatic heterocycles. The van der Waals surface area contributed by atoms with Crippen molar-refractivity contribution in [2.75, 3.05) is 17.2 Å². The molecule has 0 bridgehead atoms. The second kappa shape index (κ2) is 6.04. The van der Waals surface area contributed by atoms with E-state index in [0.717, 1.165) is 0 Å². The zero-order valence-electron chi connectivity index (χ0n) is 11.5. The van der Waals surface area contributed by atoms with Crippen molar-refractivity contribution in [3.05, 3.63) is 53.9 Å². The number of benzene rings is 1. The SMILES string of the molecule is CCN(C(=O)c1ccccn1)c1ccc(C(=O)O)cc1N. The van der Waals surface area contributed by atoms with Crippen LogP contribution in [0.4, 0.5) is 11.4 Å². The molecule has 1 heterocycles. The van der Waals surface area contributed by atoms with Gasteiger partial charge in [-0.1, -0.05) is 6.07 Å². The van der Waals surface area contributed by atoms with Crippen molar-refractivity contribution in [2.45, 2.75) is 6.92 Å². The highest BCUT2D eigenvalue weighted by molar-refractivity contribution is 6.06. The van der Waals surface area contributed by atoms with Gasteiger partial charge in [-0.05, 0) is 37.3 Å². The maximum absolute atomic E-state index is 12.4. The van der Waals surface area contributed by atoms with Crippen LogP contribution in [0.25, 0.3) is 0 Å². The Balaban J connectivity index is 2.38. The number of amides is 1. The molecule has 1 amide bonds. The number of carboxylic acid groups (broad SMARTS) is 1. The summed E-state index contributed by atoms with van der Waals surface area (Å²) in [6.45, 7) is 2.21. The lowest BCUT2D eigenvalue weighted by molar-refractivity contribution is 0.0697. The molecule has 0 unspecified atom stereocenters. The standard InChI is InChI=1S/C15H15N3O3/c1-2-18(14(19)12-5-3-4-8-17-12)13-7-6-10(15(20)21)9-11(13)16/h3-9H,2,16H2,1H3,(H,20,21). The average Bonchev–Trinajstić information content (AvgIpc) is 2.50. The molecule has 2 rings (SSSR count). The molecule has 2 aromatic rings. The van der Waals surface area contributed by atoms with Gasteiger partial charge in [-0.25, -0.2) is 4.79 Å². The average molecular weight is 285 g/mol. The van der Waals surface area contributed by atoms with Gasteiger partial charge in [0.15, 0.2) is 0 Å². The fraction of sp³-hybridized carbons (Fsp3) is 0.133. The molecule has 0 aliphatic rings. The number of aromatic carboxylic acids is 1. The Morgan fingerprint density at radius 2 is 2.05 bits per heavy atom. The van der Waals surface area contributed by atoms with E-state index in [1.165, 1.54) is 29.3 Å². The van der Waals surface area contributed by atoms with Crippen LogP contribution in [0.1, 0.15) is 27.8 Å². The molecule has 21 heavy (non-hydrogen) atoms. The predicted octanol–water partition coefficient (Wildman–Crippen LogP) is 2.03. The molecule has 3 N–H and O–H groups in total. The number of carbonyl (C=O) groups is 2. The van der Waals surface area contributed by atoms with Gasteiger partial charge in [-0.2, -0.15) is 0 Å². The molecule has 0 saturated heterocycles. The van der Waals surface area contributed by atoms with Crippen LogP contribution in [0.15, 0.2) is 42.6 Å². The maximum atomic E-state index is 12.4. The minimum atomic E-state index is -1.06. The van der Waals surface area contributed by atoms with E-state index in [1.54, 1.807) is 18.2 Å². The number of hydrogen-bond acceptors (Lipinski definition) is 4. The molecule has 0 aliphatic heterocycles. The van der Waals surface area contributed by atoms with Crippen LogP contribution < -0.4 is 10.6 Å². The van der Waals surface area contributed by atoms with Crippen molar-refractivity contribution < 1.29 is 14.7 Å². The second-order valence-corrected chi connectivity index (χ2v) is 4.34. The summed E-state index contributed by atoms with van der Waals surface area (Å²) in [5.41, 5.74) is 6.97. The molecule has 108 valence electrons. The first-order chi connectivity index (χ1) is 10.0. The Morgan fingerprint density at radius 1 is 1.29 bits per heavy atom. The quantitative estimate of drug-likeness (QED) is 0.838. The van der Waals surface area contributed by atoms with Gasteiger partial charge >= 0.3 is 5.97 Å². The van der Waals surface area contributed by atoms with E-state index in [9.17, 15) is 9.59 Å². The van der Waals surface area contributed by atoms with Gasteiger partial charge in [0.05, 0.1) is 16.9 Å². The summed E-state index contributed by atoms with van der Waals surface area (Å²) < 4.78 is 0. The highest BCUT2D eigenvalue weighted by Gasteiger charge is 2.19. The second-order valence-electron chi connectivity index (χ2n) is 4.34.